The number of rotatable bonds is 4. The fourth-order valence-electron chi connectivity index (χ4n) is 1.96. The number of amides is 1. The Labute approximate surface area is 139 Å². The second kappa shape index (κ2) is 6.87. The molecule has 1 heterocycles. The molecule has 1 aromatic heterocycles. The Hall–Kier alpha value is -3.27. The Morgan fingerprint density at radius 3 is 2.54 bits per heavy atom. The third-order valence-electron chi connectivity index (χ3n) is 3.15. The summed E-state index contributed by atoms with van der Waals surface area (Å²) in [5.41, 5.74) is 1.11. The number of nitrogens with zero attached hydrogens (tertiary/aromatic N) is 2. The van der Waals surface area contributed by atoms with Crippen molar-refractivity contribution in [3.63, 3.8) is 0 Å². The Morgan fingerprint density at radius 2 is 1.96 bits per heavy atom. The maximum absolute atomic E-state index is 11.7. The summed E-state index contributed by atoms with van der Waals surface area (Å²) in [4.78, 5) is 26.0. The molecular formula is C15H9B2N3O4. The first-order valence-corrected chi connectivity index (χ1v) is 6.62. The first kappa shape index (κ1) is 17.1. The maximum atomic E-state index is 11.7. The van der Waals surface area contributed by atoms with Crippen LogP contribution in [0.1, 0.15) is 16.1 Å². The van der Waals surface area contributed by atoms with Crippen LogP contribution in [0.3, 0.4) is 0 Å². The summed E-state index contributed by atoms with van der Waals surface area (Å²) in [6.45, 7) is -0.596. The number of carboxylic acids is 1. The van der Waals surface area contributed by atoms with Gasteiger partial charge in [-0.2, -0.15) is 5.26 Å². The van der Waals surface area contributed by atoms with E-state index in [0.29, 0.717) is 11.1 Å². The van der Waals surface area contributed by atoms with Gasteiger partial charge in [-0.1, -0.05) is 11.5 Å². The van der Waals surface area contributed by atoms with Gasteiger partial charge in [-0.3, -0.25) is 9.59 Å². The average molecular weight is 317 g/mol. The standard InChI is InChI=1S/C15H9B2N3O4/c16-10-2-7(1-8(4-18)13(10)17)9-3-11(21)14(19-5-9)15(24)20-6-12(22)23/h1-3,5,21H,6H2,(H,20,24)(H,22,23). The van der Waals surface area contributed by atoms with Gasteiger partial charge >= 0.3 is 5.97 Å². The lowest BCUT2D eigenvalue weighted by Gasteiger charge is -2.10. The van der Waals surface area contributed by atoms with Crippen molar-refractivity contribution in [1.82, 2.24) is 10.3 Å². The molecule has 4 radical (unpaired) electrons. The highest BCUT2D eigenvalue weighted by Crippen LogP contribution is 2.24. The molecule has 0 saturated heterocycles. The molecule has 114 valence electrons. The SMILES string of the molecule is [B]c1cc(-c2cnc(C(=O)NCC(=O)O)c(O)c2)cc(C#N)c1[B]. The van der Waals surface area contributed by atoms with E-state index in [1.165, 1.54) is 24.4 Å². The molecular weight excluding hydrogens is 308 g/mol. The van der Waals surface area contributed by atoms with E-state index in [2.05, 4.69) is 10.3 Å². The van der Waals surface area contributed by atoms with Crippen molar-refractivity contribution in [1.29, 1.82) is 5.26 Å². The van der Waals surface area contributed by atoms with Crippen LogP contribution in [0.2, 0.25) is 0 Å². The number of carbonyl (C=O) groups is 2. The molecule has 9 heteroatoms. The number of hydrogen-bond acceptors (Lipinski definition) is 5. The summed E-state index contributed by atoms with van der Waals surface area (Å²) < 4.78 is 0. The molecule has 7 nitrogen and oxygen atoms in total. The van der Waals surface area contributed by atoms with Crippen molar-refractivity contribution >= 4 is 38.5 Å². The number of aromatic hydroxyl groups is 1. The zero-order valence-corrected chi connectivity index (χ0v) is 12.3. The number of nitriles is 1. The summed E-state index contributed by atoms with van der Waals surface area (Å²) in [5.74, 6) is -2.49. The largest absolute Gasteiger partial charge is 0.505 e. The third-order valence-corrected chi connectivity index (χ3v) is 3.15. The normalized spacial score (nSPS) is 9.96. The highest BCUT2D eigenvalue weighted by Gasteiger charge is 2.15. The maximum Gasteiger partial charge on any atom is 0.322 e. The second-order valence-electron chi connectivity index (χ2n) is 4.81. The minimum atomic E-state index is -1.22. The van der Waals surface area contributed by atoms with Crippen molar-refractivity contribution in [2.45, 2.75) is 0 Å². The van der Waals surface area contributed by atoms with Crippen LogP contribution in [0.25, 0.3) is 11.1 Å². The van der Waals surface area contributed by atoms with E-state index < -0.39 is 24.2 Å². The molecule has 0 aliphatic carbocycles. The highest BCUT2D eigenvalue weighted by molar-refractivity contribution is 6.49. The van der Waals surface area contributed by atoms with Crippen LogP contribution in [0.4, 0.5) is 0 Å². The van der Waals surface area contributed by atoms with E-state index in [1.54, 1.807) is 0 Å². The molecule has 0 unspecified atom stereocenters. The third kappa shape index (κ3) is 3.55. The van der Waals surface area contributed by atoms with Crippen LogP contribution in [0, 0.1) is 11.3 Å². The van der Waals surface area contributed by atoms with Gasteiger partial charge in [-0.05, 0) is 17.7 Å². The van der Waals surface area contributed by atoms with E-state index in [1.807, 2.05) is 6.07 Å². The van der Waals surface area contributed by atoms with Gasteiger partial charge in [-0.15, -0.1) is 5.46 Å². The molecule has 0 aliphatic heterocycles. The van der Waals surface area contributed by atoms with Crippen LogP contribution >= 0.6 is 0 Å². The summed E-state index contributed by atoms with van der Waals surface area (Å²) in [7, 11) is 11.4. The van der Waals surface area contributed by atoms with Gasteiger partial charge in [-0.25, -0.2) is 4.98 Å². The topological polar surface area (TPSA) is 123 Å². The first-order chi connectivity index (χ1) is 11.3. The lowest BCUT2D eigenvalue weighted by Crippen LogP contribution is -2.30. The molecule has 2 rings (SSSR count). The summed E-state index contributed by atoms with van der Waals surface area (Å²) in [5, 5.41) is 29.6. The lowest BCUT2D eigenvalue weighted by molar-refractivity contribution is -0.135. The van der Waals surface area contributed by atoms with Crippen LogP contribution in [0.15, 0.2) is 24.4 Å². The van der Waals surface area contributed by atoms with Crippen molar-refractivity contribution in [3.05, 3.63) is 35.7 Å². The van der Waals surface area contributed by atoms with Crippen molar-refractivity contribution < 1.29 is 19.8 Å². The summed E-state index contributed by atoms with van der Waals surface area (Å²) >= 11 is 0. The predicted octanol–water partition coefficient (Wildman–Crippen LogP) is -1.27. The molecule has 0 fully saturated rings. The fraction of sp³-hybridized carbons (Fsp3) is 0.0667. The van der Waals surface area contributed by atoms with Crippen LogP contribution < -0.4 is 16.2 Å². The van der Waals surface area contributed by atoms with Gasteiger partial charge in [0.05, 0.1) is 6.07 Å². The zero-order valence-electron chi connectivity index (χ0n) is 12.3. The molecule has 2 aromatic rings. The van der Waals surface area contributed by atoms with E-state index in [-0.39, 0.29) is 22.2 Å². The molecule has 1 aromatic carbocycles. The number of hydrogen-bond donors (Lipinski definition) is 3. The van der Waals surface area contributed by atoms with Gasteiger partial charge < -0.3 is 15.5 Å². The zero-order chi connectivity index (χ0) is 17.9. The molecule has 0 bridgehead atoms. The Bertz CT molecular complexity index is 878. The van der Waals surface area contributed by atoms with Crippen molar-refractivity contribution in [3.8, 4) is 22.9 Å². The van der Waals surface area contributed by atoms with E-state index in [9.17, 15) is 14.7 Å². The molecule has 0 saturated carbocycles. The highest BCUT2D eigenvalue weighted by atomic mass is 16.4. The Kier molecular flexibility index (Phi) is 4.90. The molecule has 1 amide bonds. The number of aliphatic carboxylic acids is 1. The molecule has 0 atom stereocenters. The Balaban J connectivity index is 2.37. The van der Waals surface area contributed by atoms with Crippen molar-refractivity contribution in [2.24, 2.45) is 0 Å². The molecule has 0 spiro atoms. The van der Waals surface area contributed by atoms with Gasteiger partial charge in [0.25, 0.3) is 5.91 Å². The van der Waals surface area contributed by atoms with Gasteiger partial charge in [0.2, 0.25) is 0 Å². The minimum absolute atomic E-state index is 0.156. The smallest absolute Gasteiger partial charge is 0.322 e. The van der Waals surface area contributed by atoms with Crippen LogP contribution in [-0.2, 0) is 4.79 Å². The average Bonchev–Trinajstić information content (AvgIpc) is 2.54. The van der Waals surface area contributed by atoms with Gasteiger partial charge in [0.15, 0.2) is 5.69 Å². The van der Waals surface area contributed by atoms with Crippen molar-refractivity contribution in [2.75, 3.05) is 6.54 Å². The quantitative estimate of drug-likeness (QED) is 0.604. The number of pyridine rings is 1. The van der Waals surface area contributed by atoms with Crippen LogP contribution in [-0.4, -0.2) is 49.3 Å². The lowest BCUT2D eigenvalue weighted by atomic mass is 9.76. The summed E-state index contributed by atoms with van der Waals surface area (Å²) in [6.07, 6.45) is 1.29. The van der Waals surface area contributed by atoms with Gasteiger partial charge in [0.1, 0.15) is 28.0 Å². The van der Waals surface area contributed by atoms with E-state index >= 15 is 0 Å². The molecule has 0 aliphatic rings. The van der Waals surface area contributed by atoms with E-state index in [4.69, 9.17) is 26.1 Å². The minimum Gasteiger partial charge on any atom is -0.505 e. The first-order valence-electron chi connectivity index (χ1n) is 6.62. The van der Waals surface area contributed by atoms with Gasteiger partial charge in [0, 0.05) is 17.3 Å². The molecule has 24 heavy (non-hydrogen) atoms. The summed E-state index contributed by atoms with van der Waals surface area (Å²) in [6, 6.07) is 6.16. The number of carboxylic acid groups (broad SMARTS) is 1. The number of nitrogens with one attached hydrogen (secondary N) is 1. The second-order valence-corrected chi connectivity index (χ2v) is 4.81. The number of aromatic nitrogens is 1. The fourth-order valence-corrected chi connectivity index (χ4v) is 1.96. The monoisotopic (exact) mass is 317 g/mol. The van der Waals surface area contributed by atoms with Crippen LogP contribution in [0.5, 0.6) is 5.75 Å². The van der Waals surface area contributed by atoms with E-state index in [0.717, 1.165) is 0 Å². The number of carbonyl (C=O) groups excluding carboxylic acids is 1. The number of benzene rings is 1. The molecule has 3 N–H and O–H groups in total. The Morgan fingerprint density at radius 1 is 1.25 bits per heavy atom. The predicted molar refractivity (Wildman–Crippen MR) is 86.8 cm³/mol.